The zero-order valence-corrected chi connectivity index (χ0v) is 17.1. The van der Waals surface area contributed by atoms with Crippen molar-refractivity contribution in [2.75, 3.05) is 0 Å². The average Bonchev–Trinajstić information content (AvgIpc) is 2.77. The van der Waals surface area contributed by atoms with E-state index in [9.17, 15) is 49.8 Å². The second-order valence-electron chi connectivity index (χ2n) is 6.55. The van der Waals surface area contributed by atoms with E-state index < -0.39 is 59.1 Å². The number of rotatable bonds is 9. The highest BCUT2D eigenvalue weighted by Gasteiger charge is 2.40. The first kappa shape index (κ1) is 25.3. The van der Waals surface area contributed by atoms with E-state index in [4.69, 9.17) is 0 Å². The number of carbonyl (C=O) groups excluding carboxylic acids is 2. The standard InChI is InChI=1S/C22H18O12/c23-13-5-1-11(9-15(13)25)3-7-17(27)33-19(21(29)30)20(22(31)32)34-18(28)8-4-12-2-6-14(24)16(26)10-12/h1-10,19-20,23-26H,(H,29,30)(H,31,32)/b7-3-,8-4+/t19-,20-/m0/s1. The number of carbonyl (C=O) groups is 4. The Hall–Kier alpha value is -5.00. The minimum Gasteiger partial charge on any atom is -0.504 e. The predicted octanol–water partition coefficient (Wildman–Crippen LogP) is 1.23. The number of aromatic hydroxyl groups is 4. The molecule has 2 rings (SSSR count). The Balaban J connectivity index is 2.11. The smallest absolute Gasteiger partial charge is 0.349 e. The second-order valence-corrected chi connectivity index (χ2v) is 6.55. The van der Waals surface area contributed by atoms with Crippen LogP contribution in [-0.2, 0) is 28.7 Å². The number of aliphatic carboxylic acids is 2. The van der Waals surface area contributed by atoms with Gasteiger partial charge in [0.2, 0.25) is 12.2 Å². The van der Waals surface area contributed by atoms with Crippen molar-refractivity contribution in [1.29, 1.82) is 0 Å². The molecular formula is C22H18O12. The van der Waals surface area contributed by atoms with Gasteiger partial charge in [-0.1, -0.05) is 12.1 Å². The van der Waals surface area contributed by atoms with Crippen LogP contribution in [-0.4, -0.2) is 66.7 Å². The topological polar surface area (TPSA) is 208 Å². The number of ether oxygens (including phenoxy) is 2. The van der Waals surface area contributed by atoms with Crippen molar-refractivity contribution < 1.29 is 59.3 Å². The number of hydrogen-bond acceptors (Lipinski definition) is 10. The lowest BCUT2D eigenvalue weighted by molar-refractivity contribution is -0.183. The summed E-state index contributed by atoms with van der Waals surface area (Å²) in [7, 11) is 0. The molecule has 0 spiro atoms. The van der Waals surface area contributed by atoms with E-state index in [2.05, 4.69) is 9.47 Å². The van der Waals surface area contributed by atoms with E-state index in [-0.39, 0.29) is 11.1 Å². The maximum absolute atomic E-state index is 12.0. The molecule has 0 heterocycles. The Labute approximate surface area is 190 Å². The first-order valence-corrected chi connectivity index (χ1v) is 9.25. The fraction of sp³-hybridized carbons (Fsp3) is 0.0909. The molecule has 12 heteroatoms. The van der Waals surface area contributed by atoms with Crippen LogP contribution >= 0.6 is 0 Å². The van der Waals surface area contributed by atoms with Crippen LogP contribution in [0.3, 0.4) is 0 Å². The molecule has 6 N–H and O–H groups in total. The number of carboxylic acid groups (broad SMARTS) is 2. The highest BCUT2D eigenvalue weighted by atomic mass is 16.6. The average molecular weight is 474 g/mol. The second kappa shape index (κ2) is 11.0. The predicted molar refractivity (Wildman–Crippen MR) is 113 cm³/mol. The van der Waals surface area contributed by atoms with Crippen LogP contribution in [0, 0.1) is 0 Å². The summed E-state index contributed by atoms with van der Waals surface area (Å²) in [6.07, 6.45) is -1.15. The largest absolute Gasteiger partial charge is 0.504 e. The zero-order chi connectivity index (χ0) is 25.4. The monoisotopic (exact) mass is 474 g/mol. The fourth-order valence-corrected chi connectivity index (χ4v) is 2.43. The van der Waals surface area contributed by atoms with E-state index in [1.54, 1.807) is 0 Å². The third-order valence-electron chi connectivity index (χ3n) is 4.07. The highest BCUT2D eigenvalue weighted by molar-refractivity contribution is 5.93. The maximum atomic E-state index is 12.0. The van der Waals surface area contributed by atoms with Gasteiger partial charge in [-0.25, -0.2) is 19.2 Å². The van der Waals surface area contributed by atoms with Crippen molar-refractivity contribution in [1.82, 2.24) is 0 Å². The van der Waals surface area contributed by atoms with E-state index in [0.717, 1.165) is 48.6 Å². The number of phenols is 4. The molecule has 0 aliphatic heterocycles. The van der Waals surface area contributed by atoms with E-state index in [1.807, 2.05) is 0 Å². The van der Waals surface area contributed by atoms with Crippen LogP contribution in [0.15, 0.2) is 48.6 Å². The third kappa shape index (κ3) is 7.02. The Morgan fingerprint density at radius 1 is 0.618 bits per heavy atom. The van der Waals surface area contributed by atoms with Crippen LogP contribution in [0.1, 0.15) is 11.1 Å². The summed E-state index contributed by atoms with van der Waals surface area (Å²) >= 11 is 0. The lowest BCUT2D eigenvalue weighted by Gasteiger charge is -2.19. The van der Waals surface area contributed by atoms with Gasteiger partial charge in [-0.05, 0) is 47.5 Å². The quantitative estimate of drug-likeness (QED) is 0.172. The fourth-order valence-electron chi connectivity index (χ4n) is 2.43. The molecule has 34 heavy (non-hydrogen) atoms. The first-order chi connectivity index (χ1) is 16.0. The lowest BCUT2D eigenvalue weighted by Crippen LogP contribution is -2.45. The van der Waals surface area contributed by atoms with Crippen LogP contribution in [0.5, 0.6) is 23.0 Å². The summed E-state index contributed by atoms with van der Waals surface area (Å²) in [6, 6.07) is 7.08. The molecule has 0 amide bonds. The van der Waals surface area contributed by atoms with Gasteiger partial charge in [0.25, 0.3) is 0 Å². The minimum atomic E-state index is -2.40. The molecule has 0 aromatic heterocycles. The number of esters is 2. The van der Waals surface area contributed by atoms with Gasteiger partial charge in [0, 0.05) is 12.2 Å². The normalized spacial score (nSPS) is 12.8. The van der Waals surface area contributed by atoms with Crippen molar-refractivity contribution in [3.63, 3.8) is 0 Å². The van der Waals surface area contributed by atoms with Gasteiger partial charge in [0.1, 0.15) is 0 Å². The molecular weight excluding hydrogens is 456 g/mol. The molecule has 0 fully saturated rings. The maximum Gasteiger partial charge on any atom is 0.349 e. The van der Waals surface area contributed by atoms with Gasteiger partial charge in [0.05, 0.1) is 0 Å². The van der Waals surface area contributed by atoms with Crippen LogP contribution in [0.25, 0.3) is 12.2 Å². The number of hydrogen-bond donors (Lipinski definition) is 6. The molecule has 0 saturated heterocycles. The summed E-state index contributed by atoms with van der Waals surface area (Å²) in [6.45, 7) is 0. The van der Waals surface area contributed by atoms with E-state index in [1.165, 1.54) is 12.1 Å². The summed E-state index contributed by atoms with van der Waals surface area (Å²) in [5.41, 5.74) is 0.455. The van der Waals surface area contributed by atoms with Gasteiger partial charge in [-0.2, -0.15) is 0 Å². The number of benzene rings is 2. The van der Waals surface area contributed by atoms with Crippen LogP contribution < -0.4 is 0 Å². The molecule has 0 saturated carbocycles. The van der Waals surface area contributed by atoms with Crippen molar-refractivity contribution in [2.24, 2.45) is 0 Å². The summed E-state index contributed by atoms with van der Waals surface area (Å²) in [5.74, 6) is -8.18. The van der Waals surface area contributed by atoms with Crippen LogP contribution in [0.4, 0.5) is 0 Å². The minimum absolute atomic E-state index is 0.228. The van der Waals surface area contributed by atoms with E-state index in [0.29, 0.717) is 0 Å². The molecule has 0 unspecified atom stereocenters. The molecule has 178 valence electrons. The molecule has 0 aliphatic carbocycles. The van der Waals surface area contributed by atoms with Gasteiger partial charge in [-0.15, -0.1) is 0 Å². The number of carboxylic acids is 2. The Morgan fingerprint density at radius 2 is 0.971 bits per heavy atom. The summed E-state index contributed by atoms with van der Waals surface area (Å²) in [4.78, 5) is 46.9. The van der Waals surface area contributed by atoms with Crippen LogP contribution in [0.2, 0.25) is 0 Å². The molecule has 0 bridgehead atoms. The SMILES string of the molecule is O=C(/C=C\c1ccc(O)c(O)c1)O[C@H](C(=O)O)[C@H](OC(=O)/C=C/c1ccc(O)c(O)c1)C(=O)O. The zero-order valence-electron chi connectivity index (χ0n) is 17.1. The summed E-state index contributed by atoms with van der Waals surface area (Å²) < 4.78 is 9.25. The Morgan fingerprint density at radius 3 is 1.26 bits per heavy atom. The molecule has 12 nitrogen and oxygen atoms in total. The third-order valence-corrected chi connectivity index (χ3v) is 4.07. The Bertz CT molecular complexity index is 1070. The first-order valence-electron chi connectivity index (χ1n) is 9.25. The molecule has 2 atom stereocenters. The molecule has 2 aromatic rings. The van der Waals surface area contributed by atoms with E-state index >= 15 is 0 Å². The summed E-state index contributed by atoms with van der Waals surface area (Å²) in [5, 5.41) is 55.9. The number of phenolic OH excluding ortho intramolecular Hbond substituents is 4. The molecule has 0 radical (unpaired) electrons. The van der Waals surface area contributed by atoms with Gasteiger partial charge >= 0.3 is 23.9 Å². The van der Waals surface area contributed by atoms with Crippen molar-refractivity contribution in [3.05, 3.63) is 59.7 Å². The molecule has 0 aliphatic rings. The highest BCUT2D eigenvalue weighted by Crippen LogP contribution is 2.26. The van der Waals surface area contributed by atoms with Gasteiger partial charge in [0.15, 0.2) is 23.0 Å². The van der Waals surface area contributed by atoms with Crippen molar-refractivity contribution >= 4 is 36.0 Å². The molecule has 2 aromatic carbocycles. The van der Waals surface area contributed by atoms with Crippen molar-refractivity contribution in [3.8, 4) is 23.0 Å². The lowest BCUT2D eigenvalue weighted by atomic mass is 10.2. The van der Waals surface area contributed by atoms with Gasteiger partial charge < -0.3 is 40.1 Å². The van der Waals surface area contributed by atoms with Gasteiger partial charge in [-0.3, -0.25) is 0 Å². The Kier molecular flexibility index (Phi) is 8.20. The van der Waals surface area contributed by atoms with Crippen molar-refractivity contribution in [2.45, 2.75) is 12.2 Å².